The third kappa shape index (κ3) is 3.55. The van der Waals surface area contributed by atoms with Gasteiger partial charge in [-0.2, -0.15) is 0 Å². The standard InChI is InChI=1S/C14H12Cl3N/c1-9(10-3-2-4-11(15)5-10)18-14-7-12(16)6-13(17)8-14/h2-9,18H,1H3. The first-order valence-electron chi connectivity index (χ1n) is 5.53. The van der Waals surface area contributed by atoms with Crippen molar-refractivity contribution in [2.24, 2.45) is 0 Å². The van der Waals surface area contributed by atoms with Crippen LogP contribution in [0.3, 0.4) is 0 Å². The average molecular weight is 301 g/mol. The van der Waals surface area contributed by atoms with Crippen LogP contribution >= 0.6 is 34.8 Å². The number of benzene rings is 2. The molecule has 0 saturated heterocycles. The second-order valence-corrected chi connectivity index (χ2v) is 5.39. The van der Waals surface area contributed by atoms with Crippen LogP contribution in [-0.2, 0) is 0 Å². The summed E-state index contributed by atoms with van der Waals surface area (Å²) in [4.78, 5) is 0. The Morgan fingerprint density at radius 3 is 2.17 bits per heavy atom. The molecular weight excluding hydrogens is 289 g/mol. The molecular formula is C14H12Cl3N. The lowest BCUT2D eigenvalue weighted by Crippen LogP contribution is -2.06. The molecule has 0 heterocycles. The number of hydrogen-bond acceptors (Lipinski definition) is 1. The van der Waals surface area contributed by atoms with Crippen molar-refractivity contribution in [3.05, 3.63) is 63.1 Å². The maximum atomic E-state index is 5.97. The van der Waals surface area contributed by atoms with Crippen molar-refractivity contribution in [3.63, 3.8) is 0 Å². The fourth-order valence-electron chi connectivity index (χ4n) is 1.75. The predicted octanol–water partition coefficient (Wildman–Crippen LogP) is 5.82. The van der Waals surface area contributed by atoms with E-state index < -0.39 is 0 Å². The summed E-state index contributed by atoms with van der Waals surface area (Å²) in [6, 6.07) is 13.3. The number of halogens is 3. The van der Waals surface area contributed by atoms with Crippen LogP contribution in [0.15, 0.2) is 42.5 Å². The molecule has 2 rings (SSSR count). The Hall–Kier alpha value is -0.890. The van der Waals surface area contributed by atoms with Gasteiger partial charge in [0.2, 0.25) is 0 Å². The highest BCUT2D eigenvalue weighted by molar-refractivity contribution is 6.35. The summed E-state index contributed by atoms with van der Waals surface area (Å²) in [5.74, 6) is 0. The minimum Gasteiger partial charge on any atom is -0.378 e. The zero-order valence-electron chi connectivity index (χ0n) is 9.75. The van der Waals surface area contributed by atoms with Gasteiger partial charge in [0, 0.05) is 26.8 Å². The molecule has 2 aromatic rings. The summed E-state index contributed by atoms with van der Waals surface area (Å²) in [7, 11) is 0. The normalized spacial score (nSPS) is 12.2. The van der Waals surface area contributed by atoms with Gasteiger partial charge in [-0.15, -0.1) is 0 Å². The molecule has 0 aliphatic carbocycles. The van der Waals surface area contributed by atoms with Crippen molar-refractivity contribution in [3.8, 4) is 0 Å². The van der Waals surface area contributed by atoms with Crippen LogP contribution in [0.1, 0.15) is 18.5 Å². The topological polar surface area (TPSA) is 12.0 Å². The Kier molecular flexibility index (Phi) is 4.39. The maximum absolute atomic E-state index is 5.97. The van der Waals surface area contributed by atoms with Crippen molar-refractivity contribution >= 4 is 40.5 Å². The molecule has 1 unspecified atom stereocenters. The van der Waals surface area contributed by atoms with E-state index in [4.69, 9.17) is 34.8 Å². The fraction of sp³-hybridized carbons (Fsp3) is 0.143. The summed E-state index contributed by atoms with van der Waals surface area (Å²) in [5.41, 5.74) is 2.00. The van der Waals surface area contributed by atoms with E-state index in [0.29, 0.717) is 10.0 Å². The first kappa shape index (κ1) is 13.5. The van der Waals surface area contributed by atoms with Crippen LogP contribution in [-0.4, -0.2) is 0 Å². The lowest BCUT2D eigenvalue weighted by Gasteiger charge is -2.16. The van der Waals surface area contributed by atoms with E-state index in [2.05, 4.69) is 12.2 Å². The zero-order chi connectivity index (χ0) is 13.1. The van der Waals surface area contributed by atoms with E-state index in [0.717, 1.165) is 16.3 Å². The Labute approximate surface area is 122 Å². The molecule has 0 spiro atoms. The molecule has 1 nitrogen and oxygen atoms in total. The quantitative estimate of drug-likeness (QED) is 0.753. The van der Waals surface area contributed by atoms with Crippen molar-refractivity contribution in [1.82, 2.24) is 0 Å². The van der Waals surface area contributed by atoms with Gasteiger partial charge in [-0.3, -0.25) is 0 Å². The predicted molar refractivity (Wildman–Crippen MR) is 80.0 cm³/mol. The van der Waals surface area contributed by atoms with Gasteiger partial charge >= 0.3 is 0 Å². The molecule has 0 radical (unpaired) electrons. The first-order valence-corrected chi connectivity index (χ1v) is 6.66. The van der Waals surface area contributed by atoms with Crippen molar-refractivity contribution in [1.29, 1.82) is 0 Å². The smallest absolute Gasteiger partial charge is 0.0486 e. The summed E-state index contributed by atoms with van der Waals surface area (Å²) < 4.78 is 0. The van der Waals surface area contributed by atoms with Crippen molar-refractivity contribution < 1.29 is 0 Å². The highest BCUT2D eigenvalue weighted by Gasteiger charge is 2.06. The monoisotopic (exact) mass is 299 g/mol. The van der Waals surface area contributed by atoms with Gasteiger partial charge in [-0.1, -0.05) is 46.9 Å². The van der Waals surface area contributed by atoms with Gasteiger partial charge in [-0.05, 0) is 42.8 Å². The lowest BCUT2D eigenvalue weighted by atomic mass is 10.1. The van der Waals surface area contributed by atoms with E-state index in [-0.39, 0.29) is 6.04 Å². The molecule has 0 amide bonds. The lowest BCUT2D eigenvalue weighted by molar-refractivity contribution is 0.885. The molecule has 18 heavy (non-hydrogen) atoms. The van der Waals surface area contributed by atoms with Crippen LogP contribution in [0.2, 0.25) is 15.1 Å². The van der Waals surface area contributed by atoms with E-state index in [9.17, 15) is 0 Å². The van der Waals surface area contributed by atoms with Crippen molar-refractivity contribution in [2.45, 2.75) is 13.0 Å². The molecule has 0 aromatic heterocycles. The number of hydrogen-bond donors (Lipinski definition) is 1. The molecule has 4 heteroatoms. The van der Waals surface area contributed by atoms with Gasteiger partial charge in [-0.25, -0.2) is 0 Å². The number of rotatable bonds is 3. The van der Waals surface area contributed by atoms with Gasteiger partial charge in [0.15, 0.2) is 0 Å². The van der Waals surface area contributed by atoms with E-state index >= 15 is 0 Å². The third-order valence-electron chi connectivity index (χ3n) is 2.59. The van der Waals surface area contributed by atoms with Crippen molar-refractivity contribution in [2.75, 3.05) is 5.32 Å². The molecule has 94 valence electrons. The highest BCUT2D eigenvalue weighted by Crippen LogP contribution is 2.26. The van der Waals surface area contributed by atoms with Gasteiger partial charge in [0.25, 0.3) is 0 Å². The molecule has 0 aliphatic rings. The number of anilines is 1. The second-order valence-electron chi connectivity index (χ2n) is 4.08. The van der Waals surface area contributed by atoms with E-state index in [1.54, 1.807) is 6.07 Å². The SMILES string of the molecule is CC(Nc1cc(Cl)cc(Cl)c1)c1cccc(Cl)c1. The average Bonchev–Trinajstić information content (AvgIpc) is 2.27. The largest absolute Gasteiger partial charge is 0.378 e. The van der Waals surface area contributed by atoms with Crippen LogP contribution in [0, 0.1) is 0 Å². The maximum Gasteiger partial charge on any atom is 0.0486 e. The molecule has 0 saturated carbocycles. The zero-order valence-corrected chi connectivity index (χ0v) is 12.0. The van der Waals surface area contributed by atoms with Gasteiger partial charge < -0.3 is 5.32 Å². The summed E-state index contributed by atoms with van der Waals surface area (Å²) in [6.45, 7) is 2.06. The molecule has 2 aromatic carbocycles. The number of nitrogens with one attached hydrogen (secondary N) is 1. The molecule has 0 aliphatic heterocycles. The Morgan fingerprint density at radius 2 is 1.56 bits per heavy atom. The molecule has 1 atom stereocenters. The van der Waals surface area contributed by atoms with Crippen LogP contribution in [0.4, 0.5) is 5.69 Å². The van der Waals surface area contributed by atoms with Gasteiger partial charge in [0.05, 0.1) is 0 Å². The molecule has 0 fully saturated rings. The first-order chi connectivity index (χ1) is 8.54. The fourth-order valence-corrected chi connectivity index (χ4v) is 2.47. The van der Waals surface area contributed by atoms with E-state index in [1.165, 1.54) is 0 Å². The second kappa shape index (κ2) is 5.83. The summed E-state index contributed by atoms with van der Waals surface area (Å²) in [6.07, 6.45) is 0. The minimum absolute atomic E-state index is 0.123. The van der Waals surface area contributed by atoms with Crippen LogP contribution in [0.25, 0.3) is 0 Å². The summed E-state index contributed by atoms with van der Waals surface area (Å²) >= 11 is 17.9. The minimum atomic E-state index is 0.123. The summed E-state index contributed by atoms with van der Waals surface area (Å²) in [5, 5.41) is 5.29. The van der Waals surface area contributed by atoms with Gasteiger partial charge in [0.1, 0.15) is 0 Å². The molecule has 0 bridgehead atoms. The van der Waals surface area contributed by atoms with Crippen LogP contribution in [0.5, 0.6) is 0 Å². The van der Waals surface area contributed by atoms with E-state index in [1.807, 2.05) is 36.4 Å². The highest BCUT2D eigenvalue weighted by atomic mass is 35.5. The Bertz CT molecular complexity index is 534. The molecule has 1 N–H and O–H groups in total. The Balaban J connectivity index is 2.18. The Morgan fingerprint density at radius 1 is 0.889 bits per heavy atom. The third-order valence-corrected chi connectivity index (χ3v) is 3.27. The van der Waals surface area contributed by atoms with Crippen LogP contribution < -0.4 is 5.32 Å².